The van der Waals surface area contributed by atoms with E-state index in [1.165, 1.54) is 4.68 Å². The van der Waals surface area contributed by atoms with Gasteiger partial charge in [-0.05, 0) is 24.6 Å². The predicted octanol–water partition coefficient (Wildman–Crippen LogP) is 1.02. The van der Waals surface area contributed by atoms with Gasteiger partial charge in [-0.15, -0.1) is 5.10 Å². The van der Waals surface area contributed by atoms with Crippen molar-refractivity contribution in [3.8, 4) is 5.95 Å². The van der Waals surface area contributed by atoms with Crippen molar-refractivity contribution >= 4 is 11.6 Å². The van der Waals surface area contributed by atoms with E-state index in [2.05, 4.69) is 20.1 Å². The molecule has 0 unspecified atom stereocenters. The highest BCUT2D eigenvalue weighted by Crippen LogP contribution is 2.06. The molecule has 0 amide bonds. The molecule has 0 saturated carbocycles. The van der Waals surface area contributed by atoms with Crippen LogP contribution in [-0.4, -0.2) is 24.7 Å². The Bertz CT molecular complexity index is 410. The number of nitrogens with zero attached hydrogens (tertiary/aromatic N) is 5. The first kappa shape index (κ1) is 8.12. The maximum absolute atomic E-state index is 5.62. The largest absolute Gasteiger partial charge is 0.252 e. The molecular formula is C7H6ClN5. The number of hydrogen-bond acceptors (Lipinski definition) is 4. The summed E-state index contributed by atoms with van der Waals surface area (Å²) >= 11 is 5.62. The van der Waals surface area contributed by atoms with Crippen molar-refractivity contribution in [2.24, 2.45) is 0 Å². The quantitative estimate of drug-likeness (QED) is 0.682. The Balaban J connectivity index is 2.53. The average Bonchev–Trinajstić information content (AvgIpc) is 2.47. The lowest BCUT2D eigenvalue weighted by molar-refractivity contribution is 0.778. The average molecular weight is 196 g/mol. The minimum Gasteiger partial charge on any atom is -0.220 e. The lowest BCUT2D eigenvalue weighted by Gasteiger charge is -1.97. The molecular weight excluding hydrogens is 190 g/mol. The number of aryl methyl sites for hydroxylation is 1. The van der Waals surface area contributed by atoms with Gasteiger partial charge < -0.3 is 0 Å². The predicted molar refractivity (Wildman–Crippen MR) is 46.7 cm³/mol. The van der Waals surface area contributed by atoms with E-state index in [9.17, 15) is 0 Å². The second-order valence-electron chi connectivity index (χ2n) is 2.39. The van der Waals surface area contributed by atoms with Crippen LogP contribution in [0.5, 0.6) is 0 Å². The van der Waals surface area contributed by atoms with Gasteiger partial charge in [-0.2, -0.15) is 4.68 Å². The van der Waals surface area contributed by atoms with Crippen LogP contribution in [0.1, 0.15) is 5.82 Å². The molecule has 13 heavy (non-hydrogen) atoms. The first-order chi connectivity index (χ1) is 6.27. The van der Waals surface area contributed by atoms with Crippen molar-refractivity contribution in [2.45, 2.75) is 6.92 Å². The highest BCUT2D eigenvalue weighted by atomic mass is 35.5. The molecule has 2 aromatic heterocycles. The fourth-order valence-corrected chi connectivity index (χ4v) is 1.15. The van der Waals surface area contributed by atoms with Gasteiger partial charge in [0.15, 0.2) is 0 Å². The van der Waals surface area contributed by atoms with Gasteiger partial charge in [-0.3, -0.25) is 0 Å². The molecule has 0 fully saturated rings. The highest BCUT2D eigenvalue weighted by Gasteiger charge is 2.06. The Morgan fingerprint density at radius 2 is 2.00 bits per heavy atom. The summed E-state index contributed by atoms with van der Waals surface area (Å²) < 4.78 is 1.49. The zero-order valence-electron chi connectivity index (χ0n) is 6.85. The zero-order chi connectivity index (χ0) is 9.26. The summed E-state index contributed by atoms with van der Waals surface area (Å²) in [5, 5.41) is 4.13. The highest BCUT2D eigenvalue weighted by molar-refractivity contribution is 6.28. The van der Waals surface area contributed by atoms with Crippen LogP contribution in [0.2, 0.25) is 5.28 Å². The van der Waals surface area contributed by atoms with Crippen LogP contribution in [0.15, 0.2) is 18.5 Å². The molecule has 2 aromatic rings. The maximum atomic E-state index is 5.62. The SMILES string of the molecule is Cc1nc(Cl)nn1-c1ncccn1. The van der Waals surface area contributed by atoms with E-state index >= 15 is 0 Å². The number of aromatic nitrogens is 5. The van der Waals surface area contributed by atoms with Crippen molar-refractivity contribution in [3.05, 3.63) is 29.6 Å². The third-order valence-corrected chi connectivity index (χ3v) is 1.64. The van der Waals surface area contributed by atoms with E-state index in [1.807, 2.05) is 0 Å². The maximum Gasteiger partial charge on any atom is 0.252 e. The molecule has 2 heterocycles. The van der Waals surface area contributed by atoms with E-state index in [-0.39, 0.29) is 5.28 Å². The minimum atomic E-state index is 0.199. The van der Waals surface area contributed by atoms with E-state index in [0.29, 0.717) is 11.8 Å². The number of hydrogen-bond donors (Lipinski definition) is 0. The lowest BCUT2D eigenvalue weighted by Crippen LogP contribution is -2.03. The van der Waals surface area contributed by atoms with Gasteiger partial charge in [0.2, 0.25) is 5.28 Å². The molecule has 0 aliphatic carbocycles. The molecule has 0 atom stereocenters. The molecule has 0 aromatic carbocycles. The van der Waals surface area contributed by atoms with Crippen LogP contribution in [0, 0.1) is 6.92 Å². The third-order valence-electron chi connectivity index (χ3n) is 1.48. The van der Waals surface area contributed by atoms with Crippen molar-refractivity contribution in [1.82, 2.24) is 24.7 Å². The third kappa shape index (κ3) is 1.50. The first-order valence-corrected chi connectivity index (χ1v) is 4.02. The van der Waals surface area contributed by atoms with Gasteiger partial charge in [0.1, 0.15) is 5.82 Å². The fourth-order valence-electron chi connectivity index (χ4n) is 0.948. The minimum absolute atomic E-state index is 0.199. The van der Waals surface area contributed by atoms with Crippen molar-refractivity contribution in [3.63, 3.8) is 0 Å². The van der Waals surface area contributed by atoms with Gasteiger partial charge in [-0.1, -0.05) is 0 Å². The Hall–Kier alpha value is -1.49. The van der Waals surface area contributed by atoms with Crippen LogP contribution >= 0.6 is 11.6 Å². The number of halogens is 1. The van der Waals surface area contributed by atoms with Gasteiger partial charge >= 0.3 is 0 Å². The molecule has 0 bridgehead atoms. The molecule has 6 heteroatoms. The zero-order valence-corrected chi connectivity index (χ0v) is 7.60. The Kier molecular flexibility index (Phi) is 1.94. The smallest absolute Gasteiger partial charge is 0.220 e. The van der Waals surface area contributed by atoms with Crippen molar-refractivity contribution in [1.29, 1.82) is 0 Å². The Labute approximate surface area is 79.4 Å². The summed E-state index contributed by atoms with van der Waals surface area (Å²) in [6.45, 7) is 1.79. The topological polar surface area (TPSA) is 56.5 Å². The molecule has 0 spiro atoms. The summed E-state index contributed by atoms with van der Waals surface area (Å²) in [4.78, 5) is 12.0. The second-order valence-corrected chi connectivity index (χ2v) is 2.73. The van der Waals surface area contributed by atoms with Crippen LogP contribution in [0.4, 0.5) is 0 Å². The second kappa shape index (κ2) is 3.10. The fraction of sp³-hybridized carbons (Fsp3) is 0.143. The van der Waals surface area contributed by atoms with Crippen LogP contribution < -0.4 is 0 Å². The summed E-state index contributed by atoms with van der Waals surface area (Å²) in [6.07, 6.45) is 3.27. The number of rotatable bonds is 1. The molecule has 0 saturated heterocycles. The van der Waals surface area contributed by atoms with E-state index in [0.717, 1.165) is 0 Å². The molecule has 0 aliphatic heterocycles. The van der Waals surface area contributed by atoms with Gasteiger partial charge in [0, 0.05) is 12.4 Å². The molecule has 0 N–H and O–H groups in total. The first-order valence-electron chi connectivity index (χ1n) is 3.64. The Morgan fingerprint density at radius 1 is 1.31 bits per heavy atom. The summed E-state index contributed by atoms with van der Waals surface area (Å²) in [6, 6.07) is 1.73. The summed E-state index contributed by atoms with van der Waals surface area (Å²) in [7, 11) is 0. The monoisotopic (exact) mass is 195 g/mol. The molecule has 5 nitrogen and oxygen atoms in total. The van der Waals surface area contributed by atoms with Crippen LogP contribution in [0.25, 0.3) is 5.95 Å². The van der Waals surface area contributed by atoms with Gasteiger partial charge in [0.25, 0.3) is 5.95 Å². The van der Waals surface area contributed by atoms with Crippen molar-refractivity contribution < 1.29 is 0 Å². The normalized spacial score (nSPS) is 10.3. The van der Waals surface area contributed by atoms with Gasteiger partial charge in [-0.25, -0.2) is 15.0 Å². The standard InChI is InChI=1S/C7H6ClN5/c1-5-11-6(8)12-13(5)7-9-3-2-4-10-7/h2-4H,1H3. The summed E-state index contributed by atoms with van der Waals surface area (Å²) in [5.74, 6) is 1.13. The molecule has 66 valence electrons. The lowest BCUT2D eigenvalue weighted by atomic mass is 10.6. The summed E-state index contributed by atoms with van der Waals surface area (Å²) in [5.41, 5.74) is 0. The van der Waals surface area contributed by atoms with E-state index < -0.39 is 0 Å². The van der Waals surface area contributed by atoms with Crippen LogP contribution in [-0.2, 0) is 0 Å². The molecule has 2 rings (SSSR count). The van der Waals surface area contributed by atoms with Crippen molar-refractivity contribution in [2.75, 3.05) is 0 Å². The Morgan fingerprint density at radius 3 is 2.54 bits per heavy atom. The molecule has 0 radical (unpaired) electrons. The molecule has 0 aliphatic rings. The van der Waals surface area contributed by atoms with E-state index in [1.54, 1.807) is 25.4 Å². The van der Waals surface area contributed by atoms with Crippen LogP contribution in [0.3, 0.4) is 0 Å². The van der Waals surface area contributed by atoms with E-state index in [4.69, 9.17) is 11.6 Å². The van der Waals surface area contributed by atoms with Gasteiger partial charge in [0.05, 0.1) is 0 Å².